The second kappa shape index (κ2) is 7.17. The molecule has 1 aliphatic rings. The van der Waals surface area contributed by atoms with Crippen molar-refractivity contribution in [2.75, 3.05) is 0 Å². The number of hydrogen-bond acceptors (Lipinski definition) is 3. The highest BCUT2D eigenvalue weighted by molar-refractivity contribution is 7.98. The van der Waals surface area contributed by atoms with Gasteiger partial charge in [-0.05, 0) is 37.0 Å². The van der Waals surface area contributed by atoms with Crippen molar-refractivity contribution in [1.82, 2.24) is 14.8 Å². The minimum absolute atomic E-state index is 0. The highest BCUT2D eigenvalue weighted by Gasteiger charge is 2.20. The zero-order valence-electron chi connectivity index (χ0n) is 10.7. The quantitative estimate of drug-likeness (QED) is 0.812. The Kier molecular flexibility index (Phi) is 6.17. The van der Waals surface area contributed by atoms with E-state index in [-0.39, 0.29) is 24.8 Å². The highest BCUT2D eigenvalue weighted by Crippen LogP contribution is 2.29. The normalized spacial score (nSPS) is 12.5. The van der Waals surface area contributed by atoms with Crippen molar-refractivity contribution in [3.05, 3.63) is 41.5 Å². The lowest BCUT2D eigenvalue weighted by molar-refractivity contribution is 0.701. The van der Waals surface area contributed by atoms with Crippen LogP contribution in [0.4, 0.5) is 0 Å². The van der Waals surface area contributed by atoms with Gasteiger partial charge in [-0.3, -0.25) is 9.67 Å². The number of halogens is 2. The van der Waals surface area contributed by atoms with Crippen molar-refractivity contribution in [3.8, 4) is 0 Å². The second-order valence-electron chi connectivity index (χ2n) is 4.32. The Balaban J connectivity index is 0.000000902. The third kappa shape index (κ3) is 3.44. The summed E-state index contributed by atoms with van der Waals surface area (Å²) in [7, 11) is 2.06. The molecule has 0 aromatic carbocycles. The standard InChI is InChI=1S/C13H15N3S.2ClH/c1-16-13(11-3-2-4-12(11)15-16)9-17-10-5-7-14-8-6-10;;/h5-8H,2-4,9H2,1H3;2*1H. The lowest BCUT2D eigenvalue weighted by Gasteiger charge is -2.04. The molecule has 2 heterocycles. The largest absolute Gasteiger partial charge is 0.271 e. The first-order chi connectivity index (χ1) is 8.34. The van der Waals surface area contributed by atoms with Gasteiger partial charge in [0.15, 0.2) is 0 Å². The van der Waals surface area contributed by atoms with Gasteiger partial charge in [0.25, 0.3) is 0 Å². The summed E-state index contributed by atoms with van der Waals surface area (Å²) in [6.07, 6.45) is 7.32. The zero-order valence-corrected chi connectivity index (χ0v) is 13.2. The van der Waals surface area contributed by atoms with E-state index >= 15 is 0 Å². The first-order valence-corrected chi connectivity index (χ1v) is 6.89. The van der Waals surface area contributed by atoms with Gasteiger partial charge < -0.3 is 0 Å². The summed E-state index contributed by atoms with van der Waals surface area (Å²) in [5.41, 5.74) is 4.20. The maximum atomic E-state index is 4.59. The van der Waals surface area contributed by atoms with E-state index in [1.807, 2.05) is 24.2 Å². The van der Waals surface area contributed by atoms with Crippen molar-refractivity contribution < 1.29 is 0 Å². The fourth-order valence-electron chi connectivity index (χ4n) is 2.35. The number of hydrogen-bond donors (Lipinski definition) is 0. The topological polar surface area (TPSA) is 30.7 Å². The SMILES string of the molecule is Cl.Cl.Cn1nc2c(c1CSc1ccncc1)CCC2. The van der Waals surface area contributed by atoms with Crippen LogP contribution >= 0.6 is 36.6 Å². The van der Waals surface area contributed by atoms with Gasteiger partial charge in [-0.15, -0.1) is 36.6 Å². The Morgan fingerprint density at radius 3 is 2.68 bits per heavy atom. The van der Waals surface area contributed by atoms with Gasteiger partial charge in [0, 0.05) is 30.1 Å². The first-order valence-electron chi connectivity index (χ1n) is 5.91. The summed E-state index contributed by atoms with van der Waals surface area (Å²) < 4.78 is 2.05. The number of nitrogens with zero attached hydrogens (tertiary/aromatic N) is 3. The number of pyridine rings is 1. The van der Waals surface area contributed by atoms with Crippen LogP contribution in [0.3, 0.4) is 0 Å². The van der Waals surface area contributed by atoms with Crippen LogP contribution < -0.4 is 0 Å². The lowest BCUT2D eigenvalue weighted by Crippen LogP contribution is -1.99. The van der Waals surface area contributed by atoms with E-state index in [4.69, 9.17) is 0 Å². The summed E-state index contributed by atoms with van der Waals surface area (Å²) in [5.74, 6) is 1.00. The Hall–Kier alpha value is -0.710. The summed E-state index contributed by atoms with van der Waals surface area (Å²) in [6, 6.07) is 4.11. The van der Waals surface area contributed by atoms with Crippen molar-refractivity contribution in [1.29, 1.82) is 0 Å². The smallest absolute Gasteiger partial charge is 0.0659 e. The van der Waals surface area contributed by atoms with E-state index < -0.39 is 0 Å². The van der Waals surface area contributed by atoms with E-state index in [2.05, 4.69) is 33.9 Å². The van der Waals surface area contributed by atoms with Crippen molar-refractivity contribution >= 4 is 36.6 Å². The molecule has 2 aromatic rings. The highest BCUT2D eigenvalue weighted by atomic mass is 35.5. The van der Waals surface area contributed by atoms with Gasteiger partial charge in [0.2, 0.25) is 0 Å². The molecule has 104 valence electrons. The van der Waals surface area contributed by atoms with E-state index in [0.717, 1.165) is 12.2 Å². The molecule has 0 fully saturated rings. The molecule has 1 aliphatic carbocycles. The minimum atomic E-state index is 0. The van der Waals surface area contributed by atoms with Crippen LogP contribution in [-0.4, -0.2) is 14.8 Å². The predicted molar refractivity (Wildman–Crippen MR) is 83.5 cm³/mol. The molecule has 0 radical (unpaired) electrons. The fraction of sp³-hybridized carbons (Fsp3) is 0.385. The van der Waals surface area contributed by atoms with Gasteiger partial charge in [-0.2, -0.15) is 5.10 Å². The minimum Gasteiger partial charge on any atom is -0.271 e. The predicted octanol–water partition coefficient (Wildman–Crippen LogP) is 3.44. The third-order valence-electron chi connectivity index (χ3n) is 3.22. The first kappa shape index (κ1) is 16.3. The van der Waals surface area contributed by atoms with Crippen molar-refractivity contribution in [2.24, 2.45) is 7.05 Å². The van der Waals surface area contributed by atoms with Crippen LogP contribution in [0.1, 0.15) is 23.4 Å². The van der Waals surface area contributed by atoms with Crippen LogP contribution in [0.15, 0.2) is 29.4 Å². The molecule has 0 bridgehead atoms. The molecule has 0 saturated heterocycles. The molecular formula is C13H17Cl2N3S. The van der Waals surface area contributed by atoms with Crippen LogP contribution in [0.5, 0.6) is 0 Å². The fourth-order valence-corrected chi connectivity index (χ4v) is 3.33. The maximum Gasteiger partial charge on any atom is 0.0659 e. The average Bonchev–Trinajstić information content (AvgIpc) is 2.89. The molecule has 0 saturated carbocycles. The number of aromatic nitrogens is 3. The summed E-state index contributed by atoms with van der Waals surface area (Å²) >= 11 is 1.86. The number of thioether (sulfide) groups is 1. The Morgan fingerprint density at radius 2 is 1.95 bits per heavy atom. The summed E-state index contributed by atoms with van der Waals surface area (Å²) in [6.45, 7) is 0. The van der Waals surface area contributed by atoms with Gasteiger partial charge in [-0.1, -0.05) is 0 Å². The monoisotopic (exact) mass is 317 g/mol. The number of fused-ring (bicyclic) bond motifs is 1. The van der Waals surface area contributed by atoms with Crippen LogP contribution in [-0.2, 0) is 25.6 Å². The molecule has 0 amide bonds. The zero-order chi connectivity index (χ0) is 11.7. The second-order valence-corrected chi connectivity index (χ2v) is 5.37. The van der Waals surface area contributed by atoms with Crippen molar-refractivity contribution in [2.45, 2.75) is 29.9 Å². The maximum absolute atomic E-state index is 4.59. The third-order valence-corrected chi connectivity index (χ3v) is 4.25. The van der Waals surface area contributed by atoms with Crippen LogP contribution in [0, 0.1) is 0 Å². The molecule has 3 rings (SSSR count). The molecule has 0 atom stereocenters. The Bertz CT molecular complexity index is 528. The van der Waals surface area contributed by atoms with Gasteiger partial charge in [0.1, 0.15) is 0 Å². The molecule has 3 nitrogen and oxygen atoms in total. The Morgan fingerprint density at radius 1 is 1.21 bits per heavy atom. The molecular weight excluding hydrogens is 301 g/mol. The molecule has 0 spiro atoms. The van der Waals surface area contributed by atoms with E-state index in [1.54, 1.807) is 0 Å². The molecule has 0 aliphatic heterocycles. The molecule has 0 N–H and O–H groups in total. The average molecular weight is 318 g/mol. The molecule has 2 aromatic heterocycles. The van der Waals surface area contributed by atoms with E-state index in [1.165, 1.54) is 34.7 Å². The number of aryl methyl sites for hydroxylation is 2. The number of rotatable bonds is 3. The molecule has 19 heavy (non-hydrogen) atoms. The van der Waals surface area contributed by atoms with Gasteiger partial charge in [-0.25, -0.2) is 0 Å². The van der Waals surface area contributed by atoms with Crippen LogP contribution in [0.25, 0.3) is 0 Å². The van der Waals surface area contributed by atoms with E-state index in [0.29, 0.717) is 0 Å². The van der Waals surface area contributed by atoms with E-state index in [9.17, 15) is 0 Å². The molecule has 6 heteroatoms. The van der Waals surface area contributed by atoms with Gasteiger partial charge in [0.05, 0.1) is 11.4 Å². The Labute approximate surface area is 130 Å². The van der Waals surface area contributed by atoms with Gasteiger partial charge >= 0.3 is 0 Å². The van der Waals surface area contributed by atoms with Crippen LogP contribution in [0.2, 0.25) is 0 Å². The summed E-state index contributed by atoms with van der Waals surface area (Å²) in [5, 5.41) is 4.59. The lowest BCUT2D eigenvalue weighted by atomic mass is 10.2. The summed E-state index contributed by atoms with van der Waals surface area (Å²) in [4.78, 5) is 5.31. The van der Waals surface area contributed by atoms with Crippen molar-refractivity contribution in [3.63, 3.8) is 0 Å². The molecule has 0 unspecified atom stereocenters.